The predicted octanol–water partition coefficient (Wildman–Crippen LogP) is 4.90. The van der Waals surface area contributed by atoms with Gasteiger partial charge in [0, 0.05) is 29.9 Å². The maximum Gasteiger partial charge on any atom is 0.251 e. The summed E-state index contributed by atoms with van der Waals surface area (Å²) in [6, 6.07) is 20.9. The number of nitrogens with one attached hydrogen (secondary N) is 3. The number of methoxy groups -OCH3 is 1. The van der Waals surface area contributed by atoms with Gasteiger partial charge in [-0.1, -0.05) is 45.0 Å². The van der Waals surface area contributed by atoms with Gasteiger partial charge in [-0.25, -0.2) is 0 Å². The minimum Gasteiger partial charge on any atom is -0.497 e. The number of rotatable bonds is 12. The van der Waals surface area contributed by atoms with E-state index in [4.69, 9.17) is 4.74 Å². The predicted molar refractivity (Wildman–Crippen MR) is 163 cm³/mol. The lowest BCUT2D eigenvalue weighted by Gasteiger charge is -2.26. The molecule has 8 heteroatoms. The highest BCUT2D eigenvalue weighted by Gasteiger charge is 2.27. The molecule has 3 aromatic rings. The van der Waals surface area contributed by atoms with Crippen LogP contribution in [0.1, 0.15) is 59.0 Å². The van der Waals surface area contributed by atoms with Crippen LogP contribution in [0.2, 0.25) is 0 Å². The molecular formula is C33H42N4O4. The lowest BCUT2D eigenvalue weighted by atomic mass is 9.87. The zero-order chi connectivity index (χ0) is 30.0. The standard InChI is InChI=1S/C33H42N4O4/c1-33(2,3)21-29(32(40)35-27-14-10-23(11-15-27)18-19-37(4)5)36-31(39)26-9-7-8-24(20-26)22-34-30(38)25-12-16-28(41-6)17-13-25/h7-17,20,29H,18-19,21-22H2,1-6H3,(H,34,38)(H,35,40)(H,36,39)/t29-/m0/s1. The number of carbonyl (C=O) groups is 3. The van der Waals surface area contributed by atoms with Crippen LogP contribution in [0.3, 0.4) is 0 Å². The molecule has 3 rings (SSSR count). The highest BCUT2D eigenvalue weighted by molar-refractivity contribution is 6.01. The number of amides is 3. The Kier molecular flexibility index (Phi) is 11.1. The minimum absolute atomic E-state index is 0.196. The van der Waals surface area contributed by atoms with Gasteiger partial charge in [0.2, 0.25) is 5.91 Å². The number of ether oxygens (including phenoxy) is 1. The maximum absolute atomic E-state index is 13.3. The number of carbonyl (C=O) groups excluding carboxylic acids is 3. The first-order valence-corrected chi connectivity index (χ1v) is 13.8. The second-order valence-corrected chi connectivity index (χ2v) is 11.6. The summed E-state index contributed by atoms with van der Waals surface area (Å²) in [7, 11) is 5.65. The number of benzene rings is 3. The van der Waals surface area contributed by atoms with Crippen molar-refractivity contribution in [3.8, 4) is 5.75 Å². The van der Waals surface area contributed by atoms with E-state index >= 15 is 0 Å². The first-order chi connectivity index (χ1) is 19.4. The molecule has 0 heterocycles. The topological polar surface area (TPSA) is 99.8 Å². The van der Waals surface area contributed by atoms with Crippen LogP contribution >= 0.6 is 0 Å². The summed E-state index contributed by atoms with van der Waals surface area (Å²) in [5.41, 5.74) is 3.38. The molecule has 41 heavy (non-hydrogen) atoms. The summed E-state index contributed by atoms with van der Waals surface area (Å²) >= 11 is 0. The Morgan fingerprint density at radius 1 is 0.854 bits per heavy atom. The summed E-state index contributed by atoms with van der Waals surface area (Å²) in [5, 5.41) is 8.76. The van der Waals surface area contributed by atoms with Gasteiger partial charge in [-0.2, -0.15) is 0 Å². The molecule has 0 spiro atoms. The first kappa shape index (κ1) is 31.4. The zero-order valence-electron chi connectivity index (χ0n) is 24.9. The highest BCUT2D eigenvalue weighted by Crippen LogP contribution is 2.22. The molecule has 8 nitrogen and oxygen atoms in total. The normalized spacial score (nSPS) is 12.0. The lowest BCUT2D eigenvalue weighted by Crippen LogP contribution is -2.45. The van der Waals surface area contributed by atoms with Crippen LogP contribution in [-0.2, 0) is 17.8 Å². The van der Waals surface area contributed by atoms with Crippen molar-refractivity contribution in [2.75, 3.05) is 33.1 Å². The maximum atomic E-state index is 13.3. The Balaban J connectivity index is 1.64. The first-order valence-electron chi connectivity index (χ1n) is 13.8. The van der Waals surface area contributed by atoms with Gasteiger partial charge in [-0.05, 0) is 92.0 Å². The zero-order valence-corrected chi connectivity index (χ0v) is 24.9. The molecule has 0 saturated carbocycles. The number of hydrogen-bond acceptors (Lipinski definition) is 5. The van der Waals surface area contributed by atoms with Crippen LogP contribution in [0, 0.1) is 5.41 Å². The lowest BCUT2D eigenvalue weighted by molar-refractivity contribution is -0.118. The smallest absolute Gasteiger partial charge is 0.251 e. The van der Waals surface area contributed by atoms with Crippen LogP contribution in [0.15, 0.2) is 72.8 Å². The second-order valence-electron chi connectivity index (χ2n) is 11.6. The number of likely N-dealkylation sites (N-methyl/N-ethyl adjacent to an activating group) is 1. The van der Waals surface area contributed by atoms with Gasteiger partial charge in [0.25, 0.3) is 11.8 Å². The van der Waals surface area contributed by atoms with E-state index in [0.29, 0.717) is 29.0 Å². The van der Waals surface area contributed by atoms with Crippen molar-refractivity contribution in [3.63, 3.8) is 0 Å². The van der Waals surface area contributed by atoms with Crippen molar-refractivity contribution in [1.29, 1.82) is 0 Å². The largest absolute Gasteiger partial charge is 0.497 e. The fourth-order valence-corrected chi connectivity index (χ4v) is 4.25. The van der Waals surface area contributed by atoms with E-state index in [0.717, 1.165) is 18.5 Å². The number of hydrogen-bond donors (Lipinski definition) is 3. The van der Waals surface area contributed by atoms with Gasteiger partial charge in [-0.3, -0.25) is 14.4 Å². The minimum atomic E-state index is -0.727. The van der Waals surface area contributed by atoms with E-state index in [9.17, 15) is 14.4 Å². The fourth-order valence-electron chi connectivity index (χ4n) is 4.25. The molecular weight excluding hydrogens is 516 g/mol. The Morgan fingerprint density at radius 3 is 2.15 bits per heavy atom. The molecule has 3 amide bonds. The number of anilines is 1. The Hall–Kier alpha value is -4.17. The van der Waals surface area contributed by atoms with Crippen molar-refractivity contribution in [2.24, 2.45) is 5.41 Å². The average Bonchev–Trinajstić information content (AvgIpc) is 2.94. The molecule has 1 atom stereocenters. The summed E-state index contributed by atoms with van der Waals surface area (Å²) in [6.07, 6.45) is 1.39. The monoisotopic (exact) mass is 558 g/mol. The van der Waals surface area contributed by atoms with Gasteiger partial charge in [0.05, 0.1) is 7.11 Å². The Morgan fingerprint density at radius 2 is 1.54 bits per heavy atom. The van der Waals surface area contributed by atoms with Crippen LogP contribution in [0.4, 0.5) is 5.69 Å². The van der Waals surface area contributed by atoms with Crippen molar-refractivity contribution >= 4 is 23.4 Å². The summed E-state index contributed by atoms with van der Waals surface area (Å²) < 4.78 is 5.14. The van der Waals surface area contributed by atoms with Crippen LogP contribution < -0.4 is 20.7 Å². The molecule has 0 aliphatic rings. The van der Waals surface area contributed by atoms with E-state index in [2.05, 4.69) is 20.9 Å². The quantitative estimate of drug-likeness (QED) is 0.294. The molecule has 0 saturated heterocycles. The van der Waals surface area contributed by atoms with Gasteiger partial charge in [0.15, 0.2) is 0 Å². The molecule has 0 bridgehead atoms. The second kappa shape index (κ2) is 14.5. The SMILES string of the molecule is COc1ccc(C(=O)NCc2cccc(C(=O)N[C@@H](CC(C)(C)C)C(=O)Nc3ccc(CCN(C)C)cc3)c2)cc1. The van der Waals surface area contributed by atoms with Crippen molar-refractivity contribution in [3.05, 3.63) is 95.1 Å². The molecule has 0 aliphatic heterocycles. The molecule has 0 unspecified atom stereocenters. The number of nitrogens with zero attached hydrogens (tertiary/aromatic N) is 1. The van der Waals surface area contributed by atoms with Gasteiger partial charge >= 0.3 is 0 Å². The van der Waals surface area contributed by atoms with Crippen LogP contribution in [-0.4, -0.2) is 56.4 Å². The van der Waals surface area contributed by atoms with E-state index in [-0.39, 0.29) is 29.7 Å². The third-order valence-corrected chi connectivity index (χ3v) is 6.50. The van der Waals surface area contributed by atoms with E-state index in [1.807, 2.05) is 65.2 Å². The Bertz CT molecular complexity index is 1310. The molecule has 3 N–H and O–H groups in total. The van der Waals surface area contributed by atoms with Crippen LogP contribution in [0.5, 0.6) is 5.75 Å². The summed E-state index contributed by atoms with van der Waals surface area (Å²) in [4.78, 5) is 41.2. The highest BCUT2D eigenvalue weighted by atomic mass is 16.5. The van der Waals surface area contributed by atoms with E-state index < -0.39 is 6.04 Å². The van der Waals surface area contributed by atoms with Crippen molar-refractivity contribution < 1.29 is 19.1 Å². The van der Waals surface area contributed by atoms with Crippen molar-refractivity contribution in [2.45, 2.75) is 46.2 Å². The van der Waals surface area contributed by atoms with E-state index in [1.54, 1.807) is 49.6 Å². The molecule has 0 aromatic heterocycles. The van der Waals surface area contributed by atoms with Crippen LogP contribution in [0.25, 0.3) is 0 Å². The molecule has 0 radical (unpaired) electrons. The van der Waals surface area contributed by atoms with Gasteiger partial charge < -0.3 is 25.6 Å². The van der Waals surface area contributed by atoms with Gasteiger partial charge in [-0.15, -0.1) is 0 Å². The molecule has 0 fully saturated rings. The van der Waals surface area contributed by atoms with Crippen molar-refractivity contribution in [1.82, 2.24) is 15.5 Å². The third-order valence-electron chi connectivity index (χ3n) is 6.50. The molecule has 0 aliphatic carbocycles. The Labute approximate surface area is 243 Å². The third kappa shape index (κ3) is 10.4. The molecule has 218 valence electrons. The average molecular weight is 559 g/mol. The summed E-state index contributed by atoms with van der Waals surface area (Å²) in [6.45, 7) is 7.30. The van der Waals surface area contributed by atoms with E-state index in [1.165, 1.54) is 5.56 Å². The molecule has 3 aromatic carbocycles. The fraction of sp³-hybridized carbons (Fsp3) is 0.364. The van der Waals surface area contributed by atoms with Gasteiger partial charge in [0.1, 0.15) is 11.8 Å². The summed E-state index contributed by atoms with van der Waals surface area (Å²) in [5.74, 6) is -0.170.